The first kappa shape index (κ1) is 16.2. The Morgan fingerprint density at radius 2 is 1.76 bits per heavy atom. The molecule has 3 nitrogen and oxygen atoms in total. The Bertz CT molecular complexity index is 553. The predicted molar refractivity (Wildman–Crippen MR) is 92.3 cm³/mol. The van der Waals surface area contributed by atoms with Crippen molar-refractivity contribution in [2.75, 3.05) is 7.05 Å². The molecule has 116 valence electrons. The molecule has 1 atom stereocenters. The minimum absolute atomic E-state index is 0.886. The van der Waals surface area contributed by atoms with Crippen LogP contribution in [-0.2, 0) is 0 Å². The monoisotopic (exact) mass is 305 g/mol. The SMILES string of the molecule is CC/C1=C(\C)[Si](C)(C)Oc2ccccc2O[B-]1(CC)[NH2+]C. The van der Waals surface area contributed by atoms with Crippen LogP contribution < -0.4 is 14.3 Å². The fraction of sp³-hybridized carbons (Fsp3) is 0.500. The van der Waals surface area contributed by atoms with Crippen LogP contribution in [-0.4, -0.2) is 21.8 Å². The molecule has 1 heterocycles. The summed E-state index contributed by atoms with van der Waals surface area (Å²) in [6, 6.07) is 8.10. The summed E-state index contributed by atoms with van der Waals surface area (Å²) in [5.41, 5.74) is 1.45. The third-order valence-corrected chi connectivity index (χ3v) is 7.91. The highest BCUT2D eigenvalue weighted by atomic mass is 28.4. The minimum Gasteiger partial charge on any atom is -0.660 e. The van der Waals surface area contributed by atoms with Crippen LogP contribution in [0.15, 0.2) is 34.9 Å². The molecule has 0 radical (unpaired) electrons. The summed E-state index contributed by atoms with van der Waals surface area (Å²) >= 11 is 0. The van der Waals surface area contributed by atoms with Crippen molar-refractivity contribution in [2.45, 2.75) is 46.6 Å². The fourth-order valence-corrected chi connectivity index (χ4v) is 5.55. The van der Waals surface area contributed by atoms with Crippen LogP contribution in [0.5, 0.6) is 11.5 Å². The van der Waals surface area contributed by atoms with Gasteiger partial charge in [-0.2, -0.15) is 0 Å². The molecule has 1 aliphatic heterocycles. The number of benzene rings is 1. The smallest absolute Gasteiger partial charge is 0.405 e. The number of hydrogen-bond donors (Lipinski definition) is 1. The quantitative estimate of drug-likeness (QED) is 0.871. The van der Waals surface area contributed by atoms with Gasteiger partial charge in [0.15, 0.2) is 0 Å². The zero-order chi connectivity index (χ0) is 15.7. The maximum Gasteiger partial charge on any atom is 0.405 e. The van der Waals surface area contributed by atoms with Crippen molar-refractivity contribution in [3.63, 3.8) is 0 Å². The van der Waals surface area contributed by atoms with E-state index in [1.54, 1.807) is 0 Å². The van der Waals surface area contributed by atoms with Crippen molar-refractivity contribution in [3.8, 4) is 11.5 Å². The largest absolute Gasteiger partial charge is 0.660 e. The van der Waals surface area contributed by atoms with Crippen molar-refractivity contribution in [1.82, 2.24) is 0 Å². The van der Waals surface area contributed by atoms with Crippen LogP contribution in [0.25, 0.3) is 0 Å². The van der Waals surface area contributed by atoms with Crippen LogP contribution in [0, 0.1) is 0 Å². The molecule has 0 aliphatic carbocycles. The first-order valence-electron chi connectivity index (χ1n) is 8.05. The van der Waals surface area contributed by atoms with Gasteiger partial charge in [-0.1, -0.05) is 43.9 Å². The van der Waals surface area contributed by atoms with Gasteiger partial charge in [-0.15, -0.1) is 5.47 Å². The maximum absolute atomic E-state index is 6.54. The lowest BCUT2D eigenvalue weighted by atomic mass is 9.43. The molecule has 1 aromatic carbocycles. The van der Waals surface area contributed by atoms with Crippen molar-refractivity contribution < 1.29 is 14.3 Å². The van der Waals surface area contributed by atoms with Gasteiger partial charge in [0.05, 0.1) is 0 Å². The number of allylic oxidation sites excluding steroid dienone is 2. The van der Waals surface area contributed by atoms with E-state index in [0.29, 0.717) is 0 Å². The third kappa shape index (κ3) is 2.77. The second kappa shape index (κ2) is 5.89. The highest BCUT2D eigenvalue weighted by Gasteiger charge is 2.42. The number of rotatable bonds is 3. The maximum atomic E-state index is 6.54. The molecule has 0 amide bonds. The summed E-state index contributed by atoms with van der Waals surface area (Å²) in [6.07, 6.45) is 2.02. The summed E-state index contributed by atoms with van der Waals surface area (Å²) in [7, 11) is 0.193. The molecule has 5 heteroatoms. The van der Waals surface area contributed by atoms with E-state index >= 15 is 0 Å². The van der Waals surface area contributed by atoms with E-state index in [-0.39, 0.29) is 0 Å². The van der Waals surface area contributed by atoms with Gasteiger partial charge in [-0.05, 0) is 32.2 Å². The zero-order valence-electron chi connectivity index (χ0n) is 14.2. The lowest BCUT2D eigenvalue weighted by molar-refractivity contribution is -0.509. The normalized spacial score (nSPS) is 27.9. The van der Waals surface area contributed by atoms with Gasteiger partial charge < -0.3 is 14.3 Å². The molecular formula is C16H28BNO2Si. The fourth-order valence-electron chi connectivity index (χ4n) is 3.48. The van der Waals surface area contributed by atoms with Crippen LogP contribution >= 0.6 is 0 Å². The standard InChI is InChI=1S/C16H28BNO2Si/c1-7-14-13(3)21(5,6)20-16-12-10-9-11-15(16)19-17(14,8-2)18-4/h9-12H,7-8,18H2,1-6H3/b14-13-. The molecule has 0 aromatic heterocycles. The van der Waals surface area contributed by atoms with Gasteiger partial charge in [-0.3, -0.25) is 0 Å². The van der Waals surface area contributed by atoms with Crippen LogP contribution in [0.3, 0.4) is 0 Å². The van der Waals surface area contributed by atoms with E-state index in [2.05, 4.69) is 46.1 Å². The molecule has 2 N–H and O–H groups in total. The van der Waals surface area contributed by atoms with Crippen LogP contribution in [0.4, 0.5) is 0 Å². The average molecular weight is 305 g/mol. The number of para-hydroxylation sites is 2. The van der Waals surface area contributed by atoms with Gasteiger partial charge in [0, 0.05) is 7.05 Å². The van der Waals surface area contributed by atoms with E-state index in [1.807, 2.05) is 24.3 Å². The lowest BCUT2D eigenvalue weighted by Crippen LogP contribution is -3.00. The molecule has 0 saturated carbocycles. The molecule has 1 aromatic rings. The van der Waals surface area contributed by atoms with E-state index in [4.69, 9.17) is 9.08 Å². The summed E-state index contributed by atoms with van der Waals surface area (Å²) in [6.45, 7) is 10.2. The Morgan fingerprint density at radius 3 is 2.29 bits per heavy atom. The average Bonchev–Trinajstić information content (AvgIpc) is 2.47. The first-order valence-corrected chi connectivity index (χ1v) is 11.0. The van der Waals surface area contributed by atoms with E-state index in [9.17, 15) is 0 Å². The van der Waals surface area contributed by atoms with Crippen molar-refractivity contribution in [3.05, 3.63) is 34.9 Å². The molecule has 1 aliphatic rings. The molecule has 21 heavy (non-hydrogen) atoms. The van der Waals surface area contributed by atoms with Crippen molar-refractivity contribution >= 4 is 14.8 Å². The topological polar surface area (TPSA) is 35.1 Å². The predicted octanol–water partition coefficient (Wildman–Crippen LogP) is 3.12. The number of quaternary nitrogens is 1. The Balaban J connectivity index is 2.69. The molecule has 0 fully saturated rings. The van der Waals surface area contributed by atoms with Crippen LogP contribution in [0.2, 0.25) is 19.4 Å². The van der Waals surface area contributed by atoms with Crippen molar-refractivity contribution in [2.24, 2.45) is 0 Å². The molecule has 0 spiro atoms. The van der Waals surface area contributed by atoms with Gasteiger partial charge in [-0.25, -0.2) is 0 Å². The Kier molecular flexibility index (Phi) is 4.54. The Labute approximate surface area is 129 Å². The van der Waals surface area contributed by atoms with Gasteiger partial charge in [0.2, 0.25) is 0 Å². The first-order chi connectivity index (χ1) is 9.90. The second-order valence-corrected chi connectivity index (χ2v) is 10.4. The summed E-state index contributed by atoms with van der Waals surface area (Å²) in [4.78, 5) is 0. The van der Waals surface area contributed by atoms with Gasteiger partial charge in [0.1, 0.15) is 11.5 Å². The number of fused-ring (bicyclic) bond motifs is 1. The highest BCUT2D eigenvalue weighted by Crippen LogP contribution is 2.38. The van der Waals surface area contributed by atoms with Gasteiger partial charge >= 0.3 is 6.48 Å². The Hall–Kier alpha value is -1.20. The van der Waals surface area contributed by atoms with Crippen molar-refractivity contribution in [1.29, 1.82) is 0 Å². The second-order valence-electron chi connectivity index (χ2n) is 6.45. The number of hydrogen-bond acceptors (Lipinski definition) is 2. The van der Waals surface area contributed by atoms with E-state index in [1.165, 1.54) is 10.7 Å². The summed E-state index contributed by atoms with van der Waals surface area (Å²) < 4.78 is 12.9. The molecule has 0 saturated heterocycles. The molecule has 0 bridgehead atoms. The Morgan fingerprint density at radius 1 is 1.14 bits per heavy atom. The minimum atomic E-state index is -1.94. The molecular weight excluding hydrogens is 277 g/mol. The van der Waals surface area contributed by atoms with E-state index < -0.39 is 14.8 Å². The van der Waals surface area contributed by atoms with Gasteiger partial charge in [0.25, 0.3) is 8.32 Å². The summed E-state index contributed by atoms with van der Waals surface area (Å²) in [5, 5.41) is 3.70. The molecule has 1 unspecified atom stereocenters. The van der Waals surface area contributed by atoms with E-state index in [0.717, 1.165) is 24.2 Å². The molecule has 2 rings (SSSR count). The summed E-state index contributed by atoms with van der Waals surface area (Å²) in [5.74, 6) is 1.78. The zero-order valence-corrected chi connectivity index (χ0v) is 15.2. The highest BCUT2D eigenvalue weighted by molar-refractivity contribution is 6.83. The van der Waals surface area contributed by atoms with Crippen LogP contribution in [0.1, 0.15) is 27.2 Å². The number of nitrogens with two attached hydrogens (primary N) is 1. The third-order valence-electron chi connectivity index (χ3n) is 5.05. The lowest BCUT2D eigenvalue weighted by Gasteiger charge is -2.44.